The number of methoxy groups -OCH3 is 1. The maximum atomic E-state index is 11.9. The third-order valence-corrected chi connectivity index (χ3v) is 3.45. The lowest BCUT2D eigenvalue weighted by Crippen LogP contribution is -2.47. The van der Waals surface area contributed by atoms with Crippen LogP contribution in [0.4, 0.5) is 0 Å². The molecule has 1 aromatic rings. The fraction of sp³-hybridized carbons (Fsp3) is 0.308. The van der Waals surface area contributed by atoms with Crippen LogP contribution in [0.5, 0.6) is 0 Å². The molecule has 0 fully saturated rings. The van der Waals surface area contributed by atoms with Crippen molar-refractivity contribution in [1.29, 1.82) is 0 Å². The maximum Gasteiger partial charge on any atom is 0.330 e. The van der Waals surface area contributed by atoms with Crippen molar-refractivity contribution in [2.24, 2.45) is 0 Å². The minimum absolute atomic E-state index is 0.203. The van der Waals surface area contributed by atoms with E-state index in [9.17, 15) is 4.79 Å². The predicted molar refractivity (Wildman–Crippen MR) is 72.7 cm³/mol. The number of hydrogen-bond acceptors (Lipinski definition) is 3. The molecule has 1 unspecified atom stereocenters. The largest absolute Gasteiger partial charge is 0.467 e. The molecule has 0 heterocycles. The van der Waals surface area contributed by atoms with Gasteiger partial charge in [-0.15, -0.1) is 6.42 Å². The van der Waals surface area contributed by atoms with E-state index in [-0.39, 0.29) is 6.54 Å². The molecule has 0 saturated carbocycles. The average molecular weight is 286 g/mol. The second kappa shape index (κ2) is 6.10. The Balaban J connectivity index is 3.30. The lowest BCUT2D eigenvalue weighted by atomic mass is 9.92. The second-order valence-electron chi connectivity index (χ2n) is 3.78. The topological polar surface area (TPSA) is 38.3 Å². The SMILES string of the molecule is C#CCNC(C)(C(=O)OC)c1cccc(Cl)c1Cl. The van der Waals surface area contributed by atoms with E-state index in [1.54, 1.807) is 25.1 Å². The number of nitrogens with one attached hydrogen (secondary N) is 1. The first-order valence-corrected chi connectivity index (χ1v) is 5.94. The molecule has 1 N–H and O–H groups in total. The van der Waals surface area contributed by atoms with Crippen LogP contribution in [0.25, 0.3) is 0 Å². The first-order valence-electron chi connectivity index (χ1n) is 5.18. The normalized spacial score (nSPS) is 13.5. The summed E-state index contributed by atoms with van der Waals surface area (Å²) in [5.74, 6) is 1.93. The van der Waals surface area contributed by atoms with Crippen LogP contribution in [0.3, 0.4) is 0 Å². The highest BCUT2D eigenvalue weighted by molar-refractivity contribution is 6.42. The highest BCUT2D eigenvalue weighted by Gasteiger charge is 2.37. The fourth-order valence-corrected chi connectivity index (χ4v) is 2.09. The Bertz CT molecular complexity index is 496. The van der Waals surface area contributed by atoms with E-state index < -0.39 is 11.5 Å². The number of ether oxygens (including phenoxy) is 1. The average Bonchev–Trinajstić information content (AvgIpc) is 2.38. The number of rotatable bonds is 4. The molecule has 96 valence electrons. The molecular formula is C13H13Cl2NO2. The zero-order valence-corrected chi connectivity index (χ0v) is 11.6. The molecule has 0 radical (unpaired) electrons. The summed E-state index contributed by atoms with van der Waals surface area (Å²) in [6.45, 7) is 1.85. The van der Waals surface area contributed by atoms with Gasteiger partial charge in [-0.3, -0.25) is 5.32 Å². The zero-order valence-electron chi connectivity index (χ0n) is 10.1. The second-order valence-corrected chi connectivity index (χ2v) is 4.56. The lowest BCUT2D eigenvalue weighted by Gasteiger charge is -2.28. The summed E-state index contributed by atoms with van der Waals surface area (Å²) in [7, 11) is 1.30. The van der Waals surface area contributed by atoms with Crippen molar-refractivity contribution >= 4 is 29.2 Å². The molecule has 1 atom stereocenters. The van der Waals surface area contributed by atoms with Gasteiger partial charge < -0.3 is 4.74 Å². The van der Waals surface area contributed by atoms with Crippen molar-refractivity contribution < 1.29 is 9.53 Å². The smallest absolute Gasteiger partial charge is 0.330 e. The van der Waals surface area contributed by atoms with Gasteiger partial charge in [0.2, 0.25) is 0 Å². The Hall–Kier alpha value is -1.21. The Kier molecular flexibility index (Phi) is 5.03. The van der Waals surface area contributed by atoms with Crippen molar-refractivity contribution in [2.45, 2.75) is 12.5 Å². The molecule has 0 spiro atoms. The monoisotopic (exact) mass is 285 g/mol. The third kappa shape index (κ3) is 2.78. The van der Waals surface area contributed by atoms with Crippen LogP contribution in [0.1, 0.15) is 12.5 Å². The quantitative estimate of drug-likeness (QED) is 0.683. The van der Waals surface area contributed by atoms with Gasteiger partial charge in [0.05, 0.1) is 23.7 Å². The van der Waals surface area contributed by atoms with Crippen molar-refractivity contribution in [3.8, 4) is 12.3 Å². The molecule has 0 aliphatic carbocycles. The van der Waals surface area contributed by atoms with Crippen molar-refractivity contribution in [1.82, 2.24) is 5.32 Å². The summed E-state index contributed by atoms with van der Waals surface area (Å²) in [6, 6.07) is 5.06. The number of esters is 1. The van der Waals surface area contributed by atoms with Crippen molar-refractivity contribution in [2.75, 3.05) is 13.7 Å². The lowest BCUT2D eigenvalue weighted by molar-refractivity contribution is -0.148. The Morgan fingerprint density at radius 2 is 2.22 bits per heavy atom. The van der Waals surface area contributed by atoms with Crippen LogP contribution in [0.15, 0.2) is 18.2 Å². The minimum Gasteiger partial charge on any atom is -0.467 e. The minimum atomic E-state index is -1.14. The number of carbonyl (C=O) groups is 1. The Morgan fingerprint density at radius 1 is 1.56 bits per heavy atom. The van der Waals surface area contributed by atoms with Gasteiger partial charge in [0.25, 0.3) is 0 Å². The molecule has 0 amide bonds. The highest BCUT2D eigenvalue weighted by atomic mass is 35.5. The molecule has 3 nitrogen and oxygen atoms in total. The van der Waals surface area contributed by atoms with E-state index in [1.165, 1.54) is 7.11 Å². The van der Waals surface area contributed by atoms with E-state index in [4.69, 9.17) is 34.4 Å². The van der Waals surface area contributed by atoms with E-state index in [0.29, 0.717) is 15.6 Å². The van der Waals surface area contributed by atoms with Gasteiger partial charge in [-0.05, 0) is 13.0 Å². The molecule has 1 aromatic carbocycles. The van der Waals surface area contributed by atoms with Crippen LogP contribution in [0.2, 0.25) is 10.0 Å². The van der Waals surface area contributed by atoms with E-state index in [0.717, 1.165) is 0 Å². The van der Waals surface area contributed by atoms with Gasteiger partial charge in [-0.1, -0.05) is 41.3 Å². The summed E-state index contributed by atoms with van der Waals surface area (Å²) in [5, 5.41) is 3.60. The Morgan fingerprint density at radius 3 is 2.78 bits per heavy atom. The van der Waals surface area contributed by atoms with E-state index >= 15 is 0 Å². The van der Waals surface area contributed by atoms with Crippen LogP contribution in [-0.4, -0.2) is 19.6 Å². The molecule has 18 heavy (non-hydrogen) atoms. The molecule has 0 aromatic heterocycles. The summed E-state index contributed by atoms with van der Waals surface area (Å²) in [6.07, 6.45) is 5.20. The first-order chi connectivity index (χ1) is 8.47. The number of benzene rings is 1. The molecular weight excluding hydrogens is 273 g/mol. The van der Waals surface area contributed by atoms with Gasteiger partial charge in [-0.25, -0.2) is 4.79 Å². The number of terminal acetylenes is 1. The third-order valence-electron chi connectivity index (χ3n) is 2.63. The molecule has 0 aliphatic heterocycles. The summed E-state index contributed by atoms with van der Waals surface area (Å²) in [4.78, 5) is 11.9. The van der Waals surface area contributed by atoms with Crippen LogP contribution in [0, 0.1) is 12.3 Å². The summed E-state index contributed by atoms with van der Waals surface area (Å²) >= 11 is 12.1. The highest BCUT2D eigenvalue weighted by Crippen LogP contribution is 2.33. The van der Waals surface area contributed by atoms with Crippen LogP contribution >= 0.6 is 23.2 Å². The van der Waals surface area contributed by atoms with Gasteiger partial charge >= 0.3 is 5.97 Å². The molecule has 1 rings (SSSR count). The van der Waals surface area contributed by atoms with Crippen LogP contribution in [-0.2, 0) is 15.1 Å². The van der Waals surface area contributed by atoms with Crippen molar-refractivity contribution in [3.05, 3.63) is 33.8 Å². The maximum absolute atomic E-state index is 11.9. The summed E-state index contributed by atoms with van der Waals surface area (Å²) in [5.41, 5.74) is -0.609. The molecule has 5 heteroatoms. The van der Waals surface area contributed by atoms with E-state index in [1.807, 2.05) is 0 Å². The van der Waals surface area contributed by atoms with Gasteiger partial charge in [0, 0.05) is 5.56 Å². The summed E-state index contributed by atoms with van der Waals surface area (Å²) < 4.78 is 4.79. The number of carbonyl (C=O) groups excluding carboxylic acids is 1. The van der Waals surface area contributed by atoms with E-state index in [2.05, 4.69) is 11.2 Å². The molecule has 0 bridgehead atoms. The predicted octanol–water partition coefficient (Wildman–Crippen LogP) is 2.60. The van der Waals surface area contributed by atoms with Gasteiger partial charge in [0.15, 0.2) is 0 Å². The Labute approximate surface area is 116 Å². The molecule has 0 saturated heterocycles. The van der Waals surface area contributed by atoms with Crippen molar-refractivity contribution in [3.63, 3.8) is 0 Å². The first kappa shape index (κ1) is 14.8. The van der Waals surface area contributed by atoms with Crippen LogP contribution < -0.4 is 5.32 Å². The number of hydrogen-bond donors (Lipinski definition) is 1. The number of halogens is 2. The fourth-order valence-electron chi connectivity index (χ4n) is 1.60. The standard InChI is InChI=1S/C13H13Cl2NO2/c1-4-8-16-13(2,12(17)18-3)9-6-5-7-10(14)11(9)15/h1,5-7,16H,8H2,2-3H3. The zero-order chi connectivity index (χ0) is 13.8. The van der Waals surface area contributed by atoms with Gasteiger partial charge in [-0.2, -0.15) is 0 Å². The molecule has 0 aliphatic rings. The van der Waals surface area contributed by atoms with Gasteiger partial charge in [0.1, 0.15) is 5.54 Å².